The van der Waals surface area contributed by atoms with Crippen LogP contribution in [0.1, 0.15) is 45.1 Å². The Hall–Kier alpha value is -1.35. The third kappa shape index (κ3) is 5.33. The van der Waals surface area contributed by atoms with Crippen LogP contribution in [0.2, 0.25) is 0 Å². The van der Waals surface area contributed by atoms with Crippen molar-refractivity contribution in [3.8, 4) is 0 Å². The number of carbonyl (C=O) groups excluding carboxylic acids is 1. The number of benzene rings is 1. The quantitative estimate of drug-likeness (QED) is 0.647. The van der Waals surface area contributed by atoms with Crippen molar-refractivity contribution in [2.75, 3.05) is 26.2 Å². The molecule has 0 spiro atoms. The lowest BCUT2D eigenvalue weighted by Gasteiger charge is -2.20. The highest BCUT2D eigenvalue weighted by Crippen LogP contribution is 2.22. The van der Waals surface area contributed by atoms with E-state index in [0.29, 0.717) is 6.61 Å². The van der Waals surface area contributed by atoms with E-state index in [1.807, 2.05) is 30.3 Å². The summed E-state index contributed by atoms with van der Waals surface area (Å²) in [6, 6.07) is 9.93. The van der Waals surface area contributed by atoms with Gasteiger partial charge in [0.25, 0.3) is 0 Å². The van der Waals surface area contributed by atoms with Crippen molar-refractivity contribution in [2.24, 2.45) is 0 Å². The Morgan fingerprint density at radius 3 is 2.35 bits per heavy atom. The molecule has 0 aliphatic rings. The second-order valence-electron chi connectivity index (χ2n) is 4.95. The summed E-state index contributed by atoms with van der Waals surface area (Å²) in [5.41, 5.74) is 1.06. The molecule has 0 saturated heterocycles. The normalized spacial score (nSPS) is 12.4. The topological polar surface area (TPSA) is 29.5 Å². The predicted octanol–water partition coefficient (Wildman–Crippen LogP) is 3.46. The van der Waals surface area contributed by atoms with Crippen LogP contribution in [-0.2, 0) is 9.53 Å². The summed E-state index contributed by atoms with van der Waals surface area (Å²) in [6.45, 7) is 9.61. The van der Waals surface area contributed by atoms with Gasteiger partial charge in [0, 0.05) is 6.54 Å². The van der Waals surface area contributed by atoms with Crippen molar-refractivity contribution < 1.29 is 9.53 Å². The molecule has 0 aliphatic carbocycles. The standard InChI is InChI=1S/C17H27NO2/c1-4-10-16(15-11-8-7-9-12-15)17(19)20-14-13-18(5-2)6-3/h7-9,11-12,16H,4-6,10,13-14H2,1-3H3. The van der Waals surface area contributed by atoms with Crippen LogP contribution in [0, 0.1) is 0 Å². The van der Waals surface area contributed by atoms with Gasteiger partial charge >= 0.3 is 5.97 Å². The number of hydrogen-bond acceptors (Lipinski definition) is 3. The fourth-order valence-corrected chi connectivity index (χ4v) is 2.31. The van der Waals surface area contributed by atoms with Crippen LogP contribution in [0.4, 0.5) is 0 Å². The summed E-state index contributed by atoms with van der Waals surface area (Å²) >= 11 is 0. The highest BCUT2D eigenvalue weighted by molar-refractivity contribution is 5.78. The molecule has 1 aromatic carbocycles. The van der Waals surface area contributed by atoms with Gasteiger partial charge in [-0.3, -0.25) is 4.79 Å². The molecule has 0 bridgehead atoms. The molecule has 1 atom stereocenters. The van der Waals surface area contributed by atoms with E-state index in [2.05, 4.69) is 25.7 Å². The van der Waals surface area contributed by atoms with Crippen LogP contribution in [0.25, 0.3) is 0 Å². The molecule has 20 heavy (non-hydrogen) atoms. The van der Waals surface area contributed by atoms with E-state index in [1.54, 1.807) is 0 Å². The van der Waals surface area contributed by atoms with E-state index in [0.717, 1.165) is 38.0 Å². The van der Waals surface area contributed by atoms with E-state index >= 15 is 0 Å². The van der Waals surface area contributed by atoms with Gasteiger partial charge in [0.2, 0.25) is 0 Å². The maximum absolute atomic E-state index is 12.3. The Kier molecular flexibility index (Phi) is 7.97. The van der Waals surface area contributed by atoms with Crippen LogP contribution >= 0.6 is 0 Å². The minimum atomic E-state index is -0.127. The van der Waals surface area contributed by atoms with Crippen molar-refractivity contribution in [3.63, 3.8) is 0 Å². The van der Waals surface area contributed by atoms with Crippen LogP contribution in [0.3, 0.4) is 0 Å². The second kappa shape index (κ2) is 9.54. The molecular formula is C17H27NO2. The minimum absolute atomic E-state index is 0.0924. The molecule has 0 aliphatic heterocycles. The minimum Gasteiger partial charge on any atom is -0.464 e. The largest absolute Gasteiger partial charge is 0.464 e. The Bertz CT molecular complexity index is 374. The monoisotopic (exact) mass is 277 g/mol. The molecule has 0 amide bonds. The van der Waals surface area contributed by atoms with Crippen LogP contribution < -0.4 is 0 Å². The summed E-state index contributed by atoms with van der Waals surface area (Å²) in [5, 5.41) is 0. The molecule has 112 valence electrons. The van der Waals surface area contributed by atoms with E-state index in [4.69, 9.17) is 4.74 Å². The number of nitrogens with zero attached hydrogens (tertiary/aromatic N) is 1. The van der Waals surface area contributed by atoms with E-state index in [-0.39, 0.29) is 11.9 Å². The predicted molar refractivity (Wildman–Crippen MR) is 82.8 cm³/mol. The molecule has 0 aromatic heterocycles. The highest BCUT2D eigenvalue weighted by Gasteiger charge is 2.21. The molecular weight excluding hydrogens is 250 g/mol. The van der Waals surface area contributed by atoms with Crippen LogP contribution in [0.15, 0.2) is 30.3 Å². The fourth-order valence-electron chi connectivity index (χ4n) is 2.31. The Morgan fingerprint density at radius 2 is 1.80 bits per heavy atom. The van der Waals surface area contributed by atoms with Gasteiger partial charge in [0.15, 0.2) is 0 Å². The van der Waals surface area contributed by atoms with Crippen LogP contribution in [0.5, 0.6) is 0 Å². The van der Waals surface area contributed by atoms with Gasteiger partial charge in [-0.05, 0) is 25.1 Å². The third-order valence-electron chi connectivity index (χ3n) is 3.61. The molecule has 0 fully saturated rings. The third-order valence-corrected chi connectivity index (χ3v) is 3.61. The van der Waals surface area contributed by atoms with Gasteiger partial charge < -0.3 is 9.64 Å². The van der Waals surface area contributed by atoms with Crippen molar-refractivity contribution >= 4 is 5.97 Å². The average Bonchev–Trinajstić information content (AvgIpc) is 2.50. The molecule has 3 heteroatoms. The van der Waals surface area contributed by atoms with Gasteiger partial charge in [-0.15, -0.1) is 0 Å². The summed E-state index contributed by atoms with van der Waals surface area (Å²) in [7, 11) is 0. The molecule has 0 N–H and O–H groups in total. The Morgan fingerprint density at radius 1 is 1.15 bits per heavy atom. The van der Waals surface area contributed by atoms with E-state index in [1.165, 1.54) is 0 Å². The first kappa shape index (κ1) is 16.7. The zero-order valence-corrected chi connectivity index (χ0v) is 13.0. The highest BCUT2D eigenvalue weighted by atomic mass is 16.5. The zero-order valence-electron chi connectivity index (χ0n) is 13.0. The lowest BCUT2D eigenvalue weighted by molar-refractivity contribution is -0.146. The molecule has 0 radical (unpaired) electrons. The maximum Gasteiger partial charge on any atom is 0.313 e. The second-order valence-corrected chi connectivity index (χ2v) is 4.95. The summed E-state index contributed by atoms with van der Waals surface area (Å²) in [4.78, 5) is 14.5. The smallest absolute Gasteiger partial charge is 0.313 e. The first-order valence-electron chi connectivity index (χ1n) is 7.66. The number of esters is 1. The van der Waals surface area contributed by atoms with Gasteiger partial charge in [-0.1, -0.05) is 57.5 Å². The zero-order chi connectivity index (χ0) is 14.8. The number of likely N-dealkylation sites (N-methyl/N-ethyl adjacent to an activating group) is 1. The van der Waals surface area contributed by atoms with E-state index < -0.39 is 0 Å². The molecule has 1 aromatic rings. The van der Waals surface area contributed by atoms with Gasteiger partial charge in [-0.2, -0.15) is 0 Å². The molecule has 3 nitrogen and oxygen atoms in total. The van der Waals surface area contributed by atoms with Crippen molar-refractivity contribution in [2.45, 2.75) is 39.5 Å². The molecule has 1 unspecified atom stereocenters. The molecule has 0 heterocycles. The Labute approximate surface area is 122 Å². The summed E-state index contributed by atoms with van der Waals surface area (Å²) in [6.07, 6.45) is 1.82. The van der Waals surface area contributed by atoms with E-state index in [9.17, 15) is 4.79 Å². The number of ether oxygens (including phenoxy) is 1. The maximum atomic E-state index is 12.3. The van der Waals surface area contributed by atoms with Gasteiger partial charge in [-0.25, -0.2) is 0 Å². The van der Waals surface area contributed by atoms with Crippen molar-refractivity contribution in [3.05, 3.63) is 35.9 Å². The van der Waals surface area contributed by atoms with Crippen molar-refractivity contribution in [1.82, 2.24) is 4.90 Å². The Balaban J connectivity index is 2.53. The lowest BCUT2D eigenvalue weighted by atomic mass is 9.95. The SMILES string of the molecule is CCCC(C(=O)OCCN(CC)CC)c1ccccc1. The molecule has 0 saturated carbocycles. The molecule has 1 rings (SSSR count). The van der Waals surface area contributed by atoms with Crippen molar-refractivity contribution in [1.29, 1.82) is 0 Å². The van der Waals surface area contributed by atoms with Gasteiger partial charge in [0.1, 0.15) is 6.61 Å². The summed E-state index contributed by atoms with van der Waals surface area (Å²) < 4.78 is 5.46. The van der Waals surface area contributed by atoms with Gasteiger partial charge in [0.05, 0.1) is 5.92 Å². The first-order valence-corrected chi connectivity index (χ1v) is 7.66. The summed E-state index contributed by atoms with van der Waals surface area (Å²) in [5.74, 6) is -0.219. The lowest BCUT2D eigenvalue weighted by Crippen LogP contribution is -2.28. The first-order chi connectivity index (χ1) is 9.72. The average molecular weight is 277 g/mol. The number of hydrogen-bond donors (Lipinski definition) is 0. The van der Waals surface area contributed by atoms with Crippen LogP contribution in [-0.4, -0.2) is 37.1 Å². The number of carbonyl (C=O) groups is 1. The fraction of sp³-hybridized carbons (Fsp3) is 0.588. The number of rotatable bonds is 9.